The van der Waals surface area contributed by atoms with Gasteiger partial charge in [0.15, 0.2) is 0 Å². The fourth-order valence-electron chi connectivity index (χ4n) is 3.10. The number of amides is 3. The van der Waals surface area contributed by atoms with Crippen molar-refractivity contribution in [3.8, 4) is 0 Å². The Bertz CT molecular complexity index is 548. The quantitative estimate of drug-likeness (QED) is 0.836. The topological polar surface area (TPSA) is 75.4 Å². The van der Waals surface area contributed by atoms with Gasteiger partial charge in [0.1, 0.15) is 5.54 Å². The standard InChI is InChI=1S/C14H19N3O2S/c1-9-4-5-11(20-9)10(15)8-17-12(18)14(16-13(17)19)6-2-3-7-14/h4-5,10H,2-3,6-8,15H2,1H3,(H,16,19). The van der Waals surface area contributed by atoms with Crippen molar-refractivity contribution in [2.24, 2.45) is 5.73 Å². The van der Waals surface area contributed by atoms with Crippen molar-refractivity contribution in [3.63, 3.8) is 0 Å². The molecule has 108 valence electrons. The van der Waals surface area contributed by atoms with Gasteiger partial charge in [0.05, 0.1) is 12.6 Å². The Balaban J connectivity index is 1.74. The number of urea groups is 1. The number of thiophene rings is 1. The largest absolute Gasteiger partial charge is 0.325 e. The maximum absolute atomic E-state index is 12.5. The molecule has 0 radical (unpaired) electrons. The van der Waals surface area contributed by atoms with Gasteiger partial charge in [-0.1, -0.05) is 12.8 Å². The summed E-state index contributed by atoms with van der Waals surface area (Å²) in [7, 11) is 0. The van der Waals surface area contributed by atoms with Crippen LogP contribution in [0.4, 0.5) is 4.79 Å². The van der Waals surface area contributed by atoms with Crippen molar-refractivity contribution in [1.29, 1.82) is 0 Å². The number of rotatable bonds is 3. The molecule has 3 rings (SSSR count). The average Bonchev–Trinajstić information content (AvgIpc) is 3.08. The lowest BCUT2D eigenvalue weighted by atomic mass is 9.98. The van der Waals surface area contributed by atoms with Crippen LogP contribution in [0.3, 0.4) is 0 Å². The minimum Gasteiger partial charge on any atom is -0.323 e. The number of nitrogens with two attached hydrogens (primary N) is 1. The van der Waals surface area contributed by atoms with Gasteiger partial charge in [-0.15, -0.1) is 11.3 Å². The zero-order chi connectivity index (χ0) is 14.3. The third-order valence-electron chi connectivity index (χ3n) is 4.21. The molecule has 1 atom stereocenters. The number of hydrogen-bond donors (Lipinski definition) is 2. The van der Waals surface area contributed by atoms with Crippen molar-refractivity contribution < 1.29 is 9.59 Å². The van der Waals surface area contributed by atoms with Crippen molar-refractivity contribution >= 4 is 23.3 Å². The molecule has 3 N–H and O–H groups in total. The molecular formula is C14H19N3O2S. The number of nitrogens with zero attached hydrogens (tertiary/aromatic N) is 1. The summed E-state index contributed by atoms with van der Waals surface area (Å²) in [6, 6.07) is 3.37. The number of hydrogen-bond acceptors (Lipinski definition) is 4. The van der Waals surface area contributed by atoms with Gasteiger partial charge in [-0.25, -0.2) is 4.79 Å². The van der Waals surface area contributed by atoms with Crippen LogP contribution in [0.1, 0.15) is 41.5 Å². The molecule has 2 fully saturated rings. The molecule has 6 heteroatoms. The molecule has 1 aromatic rings. The first-order chi connectivity index (χ1) is 9.52. The number of carbonyl (C=O) groups excluding carboxylic acids is 2. The molecule has 5 nitrogen and oxygen atoms in total. The van der Waals surface area contributed by atoms with Gasteiger partial charge in [-0.05, 0) is 31.9 Å². The molecule has 20 heavy (non-hydrogen) atoms. The lowest BCUT2D eigenvalue weighted by Crippen LogP contribution is -2.44. The van der Waals surface area contributed by atoms with Crippen LogP contribution in [-0.4, -0.2) is 28.9 Å². The first-order valence-corrected chi connectivity index (χ1v) is 7.79. The summed E-state index contributed by atoms with van der Waals surface area (Å²) in [5.41, 5.74) is 5.50. The Hall–Kier alpha value is -1.40. The van der Waals surface area contributed by atoms with Crippen LogP contribution >= 0.6 is 11.3 Å². The molecular weight excluding hydrogens is 274 g/mol. The SMILES string of the molecule is Cc1ccc(C(N)CN2C(=O)NC3(CCCC3)C2=O)s1. The molecule has 1 unspecified atom stereocenters. The van der Waals surface area contributed by atoms with Gasteiger partial charge in [0.25, 0.3) is 5.91 Å². The van der Waals surface area contributed by atoms with Crippen LogP contribution in [0.25, 0.3) is 0 Å². The molecule has 3 amide bonds. The van der Waals surface area contributed by atoms with E-state index in [4.69, 9.17) is 5.73 Å². The van der Waals surface area contributed by atoms with Crippen LogP contribution in [0.2, 0.25) is 0 Å². The summed E-state index contributed by atoms with van der Waals surface area (Å²) in [4.78, 5) is 28.0. The smallest absolute Gasteiger partial charge is 0.323 e. The van der Waals surface area contributed by atoms with Gasteiger partial charge < -0.3 is 11.1 Å². The number of carbonyl (C=O) groups is 2. The Labute approximate surface area is 122 Å². The summed E-state index contributed by atoms with van der Waals surface area (Å²) in [5, 5.41) is 2.88. The first-order valence-electron chi connectivity index (χ1n) is 6.98. The molecule has 1 saturated heterocycles. The first kappa shape index (κ1) is 13.6. The highest BCUT2D eigenvalue weighted by Crippen LogP contribution is 2.35. The van der Waals surface area contributed by atoms with E-state index in [0.717, 1.165) is 30.6 Å². The van der Waals surface area contributed by atoms with E-state index in [-0.39, 0.29) is 24.5 Å². The Morgan fingerprint density at radius 3 is 2.70 bits per heavy atom. The van der Waals surface area contributed by atoms with E-state index in [0.29, 0.717) is 0 Å². The molecule has 2 heterocycles. The van der Waals surface area contributed by atoms with Crippen molar-refractivity contribution in [2.45, 2.75) is 44.2 Å². The highest BCUT2D eigenvalue weighted by Gasteiger charge is 2.52. The predicted octanol–water partition coefficient (Wildman–Crippen LogP) is 1.92. The maximum atomic E-state index is 12.5. The molecule has 1 spiro atoms. The number of nitrogens with one attached hydrogen (secondary N) is 1. The molecule has 1 aliphatic carbocycles. The van der Waals surface area contributed by atoms with Crippen molar-refractivity contribution in [2.75, 3.05) is 6.54 Å². The molecule has 0 aromatic carbocycles. The Kier molecular flexibility index (Phi) is 3.30. The van der Waals surface area contributed by atoms with Gasteiger partial charge in [0, 0.05) is 9.75 Å². The summed E-state index contributed by atoms with van der Waals surface area (Å²) < 4.78 is 0. The molecule has 0 bridgehead atoms. The highest BCUT2D eigenvalue weighted by atomic mass is 32.1. The second-order valence-electron chi connectivity index (χ2n) is 5.69. The minimum atomic E-state index is -0.637. The number of aryl methyl sites for hydroxylation is 1. The van der Waals surface area contributed by atoms with Crippen LogP contribution in [-0.2, 0) is 4.79 Å². The van der Waals surface area contributed by atoms with Crippen molar-refractivity contribution in [1.82, 2.24) is 10.2 Å². The van der Waals surface area contributed by atoms with Gasteiger partial charge in [-0.3, -0.25) is 9.69 Å². The third-order valence-corrected chi connectivity index (χ3v) is 5.34. The maximum Gasteiger partial charge on any atom is 0.325 e. The third kappa shape index (κ3) is 2.13. The fraction of sp³-hybridized carbons (Fsp3) is 0.571. The van der Waals surface area contributed by atoms with E-state index in [1.54, 1.807) is 11.3 Å². The zero-order valence-corrected chi connectivity index (χ0v) is 12.3. The second kappa shape index (κ2) is 4.86. The van der Waals surface area contributed by atoms with E-state index in [2.05, 4.69) is 5.32 Å². The lowest BCUT2D eigenvalue weighted by Gasteiger charge is -2.21. The monoisotopic (exact) mass is 293 g/mol. The van der Waals surface area contributed by atoms with E-state index >= 15 is 0 Å². The van der Waals surface area contributed by atoms with Crippen LogP contribution in [0.5, 0.6) is 0 Å². The predicted molar refractivity (Wildman–Crippen MR) is 77.4 cm³/mol. The normalized spacial score (nSPS) is 22.6. The Morgan fingerprint density at radius 1 is 1.40 bits per heavy atom. The van der Waals surface area contributed by atoms with Crippen molar-refractivity contribution in [3.05, 3.63) is 21.9 Å². The Morgan fingerprint density at radius 2 is 2.10 bits per heavy atom. The second-order valence-corrected chi connectivity index (χ2v) is 7.01. The molecule has 1 aliphatic heterocycles. The number of imide groups is 1. The summed E-state index contributed by atoms with van der Waals surface area (Å²) >= 11 is 1.61. The van der Waals surface area contributed by atoms with Crippen LogP contribution in [0.15, 0.2) is 12.1 Å². The fourth-order valence-corrected chi connectivity index (χ4v) is 3.97. The van der Waals surface area contributed by atoms with E-state index in [1.165, 1.54) is 9.78 Å². The minimum absolute atomic E-state index is 0.0938. The highest BCUT2D eigenvalue weighted by molar-refractivity contribution is 7.12. The van der Waals surface area contributed by atoms with Gasteiger partial charge in [-0.2, -0.15) is 0 Å². The summed E-state index contributed by atoms with van der Waals surface area (Å²) in [6.07, 6.45) is 3.49. The average molecular weight is 293 g/mol. The van der Waals surface area contributed by atoms with E-state index in [9.17, 15) is 9.59 Å². The lowest BCUT2D eigenvalue weighted by molar-refractivity contribution is -0.131. The van der Waals surface area contributed by atoms with Crippen LogP contribution < -0.4 is 11.1 Å². The molecule has 2 aliphatic rings. The molecule has 1 saturated carbocycles. The zero-order valence-electron chi connectivity index (χ0n) is 11.5. The van der Waals surface area contributed by atoms with E-state index in [1.807, 2.05) is 19.1 Å². The van der Waals surface area contributed by atoms with Gasteiger partial charge >= 0.3 is 6.03 Å². The summed E-state index contributed by atoms with van der Waals surface area (Å²) in [5.74, 6) is -0.0938. The van der Waals surface area contributed by atoms with Crippen LogP contribution in [0, 0.1) is 6.92 Å². The van der Waals surface area contributed by atoms with E-state index < -0.39 is 5.54 Å². The summed E-state index contributed by atoms with van der Waals surface area (Å²) in [6.45, 7) is 2.27. The molecule has 1 aromatic heterocycles. The van der Waals surface area contributed by atoms with Gasteiger partial charge in [0.2, 0.25) is 0 Å².